The average molecular weight is 358 g/mol. The lowest BCUT2D eigenvalue weighted by Crippen LogP contribution is -2.38. The van der Waals surface area contributed by atoms with E-state index in [1.165, 1.54) is 12.4 Å². The molecule has 2 aromatic rings. The third-order valence-corrected chi connectivity index (χ3v) is 4.77. The van der Waals surface area contributed by atoms with E-state index in [1.54, 1.807) is 30.3 Å². The van der Waals surface area contributed by atoms with Gasteiger partial charge in [-0.25, -0.2) is 0 Å². The Bertz CT molecular complexity index is 786. The van der Waals surface area contributed by atoms with Gasteiger partial charge in [-0.2, -0.15) is 0 Å². The standard InChI is InChI=1S/C19H20ClN3O2/c1-13-6-8-23(9-7-13)19(25)15-10-14(11-21-12-15)18(24)22-17-5-3-2-4-16(17)20/h2-5,10-13H,6-9H2,1H3,(H,22,24). The Morgan fingerprint density at radius 2 is 1.84 bits per heavy atom. The number of nitrogens with zero attached hydrogens (tertiary/aromatic N) is 2. The number of carbonyl (C=O) groups excluding carboxylic acids is 2. The highest BCUT2D eigenvalue weighted by Crippen LogP contribution is 2.22. The molecule has 0 saturated carbocycles. The fourth-order valence-electron chi connectivity index (χ4n) is 2.83. The van der Waals surface area contributed by atoms with Gasteiger partial charge in [-0.1, -0.05) is 30.7 Å². The Balaban J connectivity index is 1.73. The first-order valence-corrected chi connectivity index (χ1v) is 8.72. The van der Waals surface area contributed by atoms with Crippen LogP contribution >= 0.6 is 11.6 Å². The summed E-state index contributed by atoms with van der Waals surface area (Å²) in [5, 5.41) is 3.20. The molecular formula is C19H20ClN3O2. The number of aromatic nitrogens is 1. The van der Waals surface area contributed by atoms with Gasteiger partial charge in [0.15, 0.2) is 0 Å². The lowest BCUT2D eigenvalue weighted by molar-refractivity contribution is 0.0697. The molecule has 0 aliphatic carbocycles. The molecule has 0 atom stereocenters. The summed E-state index contributed by atoms with van der Waals surface area (Å²) in [6.45, 7) is 3.69. The zero-order valence-electron chi connectivity index (χ0n) is 14.0. The number of piperidine rings is 1. The molecule has 1 aliphatic heterocycles. The molecule has 130 valence electrons. The third-order valence-electron chi connectivity index (χ3n) is 4.44. The third kappa shape index (κ3) is 4.17. The second-order valence-electron chi connectivity index (χ2n) is 6.37. The predicted octanol–water partition coefficient (Wildman–Crippen LogP) is 3.86. The van der Waals surface area contributed by atoms with Gasteiger partial charge in [0.25, 0.3) is 11.8 Å². The molecule has 0 spiro atoms. The van der Waals surface area contributed by atoms with E-state index in [-0.39, 0.29) is 11.8 Å². The molecule has 6 heteroatoms. The van der Waals surface area contributed by atoms with Crippen LogP contribution in [0.15, 0.2) is 42.7 Å². The van der Waals surface area contributed by atoms with Crippen molar-refractivity contribution in [3.63, 3.8) is 0 Å². The molecule has 2 amide bonds. The summed E-state index contributed by atoms with van der Waals surface area (Å²) in [5.74, 6) is 0.226. The number of anilines is 1. The molecule has 5 nitrogen and oxygen atoms in total. The maximum absolute atomic E-state index is 12.6. The number of para-hydroxylation sites is 1. The number of pyridine rings is 1. The van der Waals surface area contributed by atoms with Crippen molar-refractivity contribution < 1.29 is 9.59 Å². The summed E-state index contributed by atoms with van der Waals surface area (Å²) in [6, 6.07) is 8.58. The van der Waals surface area contributed by atoms with E-state index in [0.717, 1.165) is 25.9 Å². The van der Waals surface area contributed by atoms with Crippen LogP contribution in [0.2, 0.25) is 5.02 Å². The van der Waals surface area contributed by atoms with Crippen LogP contribution in [-0.2, 0) is 0 Å². The smallest absolute Gasteiger partial charge is 0.257 e. The predicted molar refractivity (Wildman–Crippen MR) is 97.9 cm³/mol. The van der Waals surface area contributed by atoms with Gasteiger partial charge in [-0.3, -0.25) is 14.6 Å². The van der Waals surface area contributed by atoms with Gasteiger partial charge in [0.2, 0.25) is 0 Å². The monoisotopic (exact) mass is 357 g/mol. The number of amides is 2. The largest absolute Gasteiger partial charge is 0.339 e. The molecule has 25 heavy (non-hydrogen) atoms. The van der Waals surface area contributed by atoms with E-state index in [2.05, 4.69) is 17.2 Å². The number of likely N-dealkylation sites (tertiary alicyclic amines) is 1. The van der Waals surface area contributed by atoms with Crippen LogP contribution in [0.4, 0.5) is 5.69 Å². The molecule has 1 N–H and O–H groups in total. The molecule has 1 saturated heterocycles. The highest BCUT2D eigenvalue weighted by Gasteiger charge is 2.22. The summed E-state index contributed by atoms with van der Waals surface area (Å²) >= 11 is 6.06. The van der Waals surface area contributed by atoms with Crippen molar-refractivity contribution in [2.45, 2.75) is 19.8 Å². The lowest BCUT2D eigenvalue weighted by Gasteiger charge is -2.30. The van der Waals surface area contributed by atoms with Gasteiger partial charge in [-0.15, -0.1) is 0 Å². The molecule has 1 aliphatic rings. The zero-order valence-corrected chi connectivity index (χ0v) is 14.8. The summed E-state index contributed by atoms with van der Waals surface area (Å²) in [6.07, 6.45) is 4.96. The average Bonchev–Trinajstić information content (AvgIpc) is 2.64. The quantitative estimate of drug-likeness (QED) is 0.907. The van der Waals surface area contributed by atoms with Gasteiger partial charge in [0.05, 0.1) is 21.8 Å². The minimum atomic E-state index is -0.345. The first-order chi connectivity index (χ1) is 12.0. The molecular weight excluding hydrogens is 338 g/mol. The molecule has 3 rings (SSSR count). The lowest BCUT2D eigenvalue weighted by atomic mass is 9.98. The van der Waals surface area contributed by atoms with Crippen molar-refractivity contribution in [1.82, 2.24) is 9.88 Å². The number of halogens is 1. The minimum Gasteiger partial charge on any atom is -0.339 e. The summed E-state index contributed by atoms with van der Waals surface area (Å²) in [7, 11) is 0. The van der Waals surface area contributed by atoms with E-state index in [0.29, 0.717) is 27.8 Å². The molecule has 0 bridgehead atoms. The first kappa shape index (κ1) is 17.4. The van der Waals surface area contributed by atoms with Crippen molar-refractivity contribution in [2.75, 3.05) is 18.4 Å². The van der Waals surface area contributed by atoms with Crippen molar-refractivity contribution in [3.8, 4) is 0 Å². The Labute approximate surface area is 152 Å². The van der Waals surface area contributed by atoms with Crippen LogP contribution in [0, 0.1) is 5.92 Å². The van der Waals surface area contributed by atoms with E-state index < -0.39 is 0 Å². The fourth-order valence-corrected chi connectivity index (χ4v) is 3.02. The van der Waals surface area contributed by atoms with E-state index in [4.69, 9.17) is 11.6 Å². The number of hydrogen-bond acceptors (Lipinski definition) is 3. The van der Waals surface area contributed by atoms with Crippen LogP contribution < -0.4 is 5.32 Å². The maximum Gasteiger partial charge on any atom is 0.257 e. The van der Waals surface area contributed by atoms with Gasteiger partial charge in [0, 0.05) is 25.5 Å². The van der Waals surface area contributed by atoms with Crippen LogP contribution in [0.1, 0.15) is 40.5 Å². The van der Waals surface area contributed by atoms with Gasteiger partial charge >= 0.3 is 0 Å². The van der Waals surface area contributed by atoms with Crippen LogP contribution in [0.25, 0.3) is 0 Å². The maximum atomic E-state index is 12.6. The Hall–Kier alpha value is -2.40. The molecule has 2 heterocycles. The number of rotatable bonds is 3. The van der Waals surface area contributed by atoms with Crippen molar-refractivity contribution in [2.24, 2.45) is 5.92 Å². The Morgan fingerprint density at radius 1 is 1.16 bits per heavy atom. The number of benzene rings is 1. The molecule has 1 aromatic heterocycles. The van der Waals surface area contributed by atoms with Crippen molar-refractivity contribution in [3.05, 3.63) is 58.9 Å². The second kappa shape index (κ2) is 7.66. The molecule has 1 aromatic carbocycles. The highest BCUT2D eigenvalue weighted by molar-refractivity contribution is 6.33. The Kier molecular flexibility index (Phi) is 5.34. The first-order valence-electron chi connectivity index (χ1n) is 8.35. The zero-order chi connectivity index (χ0) is 17.8. The van der Waals surface area contributed by atoms with Crippen LogP contribution in [-0.4, -0.2) is 34.8 Å². The molecule has 1 fully saturated rings. The number of carbonyl (C=O) groups is 2. The minimum absolute atomic E-state index is 0.0770. The van der Waals surface area contributed by atoms with Gasteiger partial charge < -0.3 is 10.2 Å². The second-order valence-corrected chi connectivity index (χ2v) is 6.78. The van der Waals surface area contributed by atoms with E-state index in [1.807, 2.05) is 4.90 Å². The number of hydrogen-bond donors (Lipinski definition) is 1. The molecule has 0 radical (unpaired) electrons. The van der Waals surface area contributed by atoms with Crippen LogP contribution in [0.3, 0.4) is 0 Å². The summed E-state index contributed by atoms with van der Waals surface area (Å²) in [4.78, 5) is 30.9. The van der Waals surface area contributed by atoms with Gasteiger partial charge in [0.1, 0.15) is 0 Å². The number of nitrogens with one attached hydrogen (secondary N) is 1. The normalized spacial score (nSPS) is 15.0. The van der Waals surface area contributed by atoms with E-state index >= 15 is 0 Å². The van der Waals surface area contributed by atoms with Crippen molar-refractivity contribution in [1.29, 1.82) is 0 Å². The SMILES string of the molecule is CC1CCN(C(=O)c2cncc(C(=O)Nc3ccccc3Cl)c2)CC1. The fraction of sp³-hybridized carbons (Fsp3) is 0.316. The van der Waals surface area contributed by atoms with Crippen molar-refractivity contribution >= 4 is 29.1 Å². The topological polar surface area (TPSA) is 62.3 Å². The Morgan fingerprint density at radius 3 is 2.56 bits per heavy atom. The van der Waals surface area contributed by atoms with Gasteiger partial charge in [-0.05, 0) is 37.0 Å². The molecule has 0 unspecified atom stereocenters. The highest BCUT2D eigenvalue weighted by atomic mass is 35.5. The summed E-state index contributed by atoms with van der Waals surface area (Å²) < 4.78 is 0. The van der Waals surface area contributed by atoms with E-state index in [9.17, 15) is 9.59 Å². The summed E-state index contributed by atoms with van der Waals surface area (Å²) in [5.41, 5.74) is 1.29. The van der Waals surface area contributed by atoms with Crippen LogP contribution in [0.5, 0.6) is 0 Å².